The number of likely N-dealkylation sites (N-methyl/N-ethyl adjacent to an activating group) is 2. The van der Waals surface area contributed by atoms with Gasteiger partial charge in [0.2, 0.25) is 5.91 Å². The highest BCUT2D eigenvalue weighted by Gasteiger charge is 2.38. The average molecular weight is 274 g/mol. The van der Waals surface area contributed by atoms with E-state index in [0.29, 0.717) is 13.0 Å². The summed E-state index contributed by atoms with van der Waals surface area (Å²) in [5, 5.41) is 9.64. The Morgan fingerprint density at radius 2 is 1.83 bits per heavy atom. The highest BCUT2D eigenvalue weighted by atomic mass is 19.4. The van der Waals surface area contributed by atoms with Crippen LogP contribution in [0.1, 0.15) is 6.42 Å². The quantitative estimate of drug-likeness (QED) is 0.679. The van der Waals surface area contributed by atoms with Crippen molar-refractivity contribution < 1.29 is 32.3 Å². The van der Waals surface area contributed by atoms with E-state index in [-0.39, 0.29) is 11.9 Å². The first-order valence-corrected chi connectivity index (χ1v) is 4.95. The highest BCUT2D eigenvalue weighted by molar-refractivity contribution is 5.81. The molecule has 0 aromatic carbocycles. The van der Waals surface area contributed by atoms with Crippen molar-refractivity contribution in [2.75, 3.05) is 20.6 Å². The van der Waals surface area contributed by atoms with Crippen LogP contribution in [0.15, 0.2) is 0 Å². The third-order valence-corrected chi connectivity index (χ3v) is 2.29. The van der Waals surface area contributed by atoms with Crippen molar-refractivity contribution in [1.29, 1.82) is 0 Å². The number of carbonyl (C=O) groups excluding carboxylic acids is 1. The van der Waals surface area contributed by atoms with Crippen molar-refractivity contribution in [3.63, 3.8) is 0 Å². The summed E-state index contributed by atoms with van der Waals surface area (Å²) < 4.78 is 44.4. The van der Waals surface area contributed by atoms with E-state index in [1.54, 1.807) is 19.0 Å². The fourth-order valence-electron chi connectivity index (χ4n) is 1.41. The largest absolute Gasteiger partial charge is 0.490 e. The van der Waals surface area contributed by atoms with Gasteiger partial charge in [0, 0.05) is 20.0 Å². The second kappa shape index (κ2) is 6.53. The van der Waals surface area contributed by atoms with E-state index in [4.69, 9.17) is 9.90 Å². The lowest BCUT2D eigenvalue weighted by molar-refractivity contribution is -0.192. The van der Waals surface area contributed by atoms with E-state index in [2.05, 4.69) is 5.32 Å². The lowest BCUT2D eigenvalue weighted by atomic mass is 10.2. The first-order valence-electron chi connectivity index (χ1n) is 4.95. The highest BCUT2D eigenvalue weighted by Crippen LogP contribution is 2.17. The van der Waals surface area contributed by atoms with Crippen molar-refractivity contribution >= 4 is 11.9 Å². The Hall–Kier alpha value is -1.38. The monoisotopic (exact) mass is 274 g/mol. The van der Waals surface area contributed by atoms with Gasteiger partial charge in [0.15, 0.2) is 0 Å². The van der Waals surface area contributed by atoms with Crippen molar-refractivity contribution in [3.8, 4) is 0 Å². The minimum Gasteiger partial charge on any atom is -0.475 e. The summed E-state index contributed by atoms with van der Waals surface area (Å²) in [4.78, 5) is 21.7. The number of hydrogen-bond donors (Lipinski definition) is 2. The number of carbonyl (C=O) groups is 2. The zero-order chi connectivity index (χ0) is 14.5. The Morgan fingerprint density at radius 3 is 2.06 bits per heavy atom. The van der Waals surface area contributed by atoms with Gasteiger partial charge in [-0.2, -0.15) is 13.2 Å². The van der Waals surface area contributed by atoms with Gasteiger partial charge in [0.25, 0.3) is 0 Å². The van der Waals surface area contributed by atoms with Crippen LogP contribution in [0.25, 0.3) is 0 Å². The summed E-state index contributed by atoms with van der Waals surface area (Å²) in [6, 6.07) is -0.269. The van der Waals surface area contributed by atoms with E-state index in [1.165, 1.54) is 0 Å². The second-order valence-corrected chi connectivity index (χ2v) is 3.71. The van der Waals surface area contributed by atoms with Gasteiger partial charge in [0.1, 0.15) is 6.17 Å². The van der Waals surface area contributed by atoms with E-state index in [1.807, 2.05) is 0 Å². The van der Waals surface area contributed by atoms with Crippen molar-refractivity contribution in [2.45, 2.75) is 24.8 Å². The molecule has 0 radical (unpaired) electrons. The van der Waals surface area contributed by atoms with E-state index in [9.17, 15) is 22.4 Å². The first kappa shape index (κ1) is 16.6. The molecule has 1 aliphatic rings. The summed E-state index contributed by atoms with van der Waals surface area (Å²) in [5.41, 5.74) is 0. The molecule has 0 aliphatic carbocycles. The van der Waals surface area contributed by atoms with Crippen LogP contribution in [-0.2, 0) is 9.59 Å². The van der Waals surface area contributed by atoms with E-state index >= 15 is 0 Å². The van der Waals surface area contributed by atoms with E-state index in [0.717, 1.165) is 0 Å². The van der Waals surface area contributed by atoms with Gasteiger partial charge in [-0.25, -0.2) is 9.18 Å². The lowest BCUT2D eigenvalue weighted by Gasteiger charge is -2.16. The molecule has 0 aromatic rings. The molecule has 2 atom stereocenters. The molecule has 18 heavy (non-hydrogen) atoms. The Bertz CT molecular complexity index is 309. The van der Waals surface area contributed by atoms with Crippen LogP contribution < -0.4 is 5.32 Å². The van der Waals surface area contributed by atoms with Gasteiger partial charge < -0.3 is 10.4 Å². The van der Waals surface area contributed by atoms with Gasteiger partial charge in [-0.1, -0.05) is 0 Å². The number of nitrogens with one attached hydrogen (secondary N) is 1. The Balaban J connectivity index is 0.000000360. The molecule has 1 heterocycles. The van der Waals surface area contributed by atoms with Crippen molar-refractivity contribution in [1.82, 2.24) is 10.2 Å². The predicted octanol–water partition coefficient (Wildman–Crippen LogP) is 0.408. The molecule has 9 heteroatoms. The molecule has 0 bridgehead atoms. The summed E-state index contributed by atoms with van der Waals surface area (Å²) >= 11 is 0. The Labute approximate surface area is 101 Å². The normalized spacial score (nSPS) is 24.1. The third kappa shape index (κ3) is 5.30. The number of carboxylic acid groups (broad SMARTS) is 1. The third-order valence-electron chi connectivity index (χ3n) is 2.29. The molecule has 1 rings (SSSR count). The maximum atomic E-state index is 12.7. The minimum atomic E-state index is -5.08. The zero-order valence-corrected chi connectivity index (χ0v) is 9.79. The number of alkyl halides is 4. The fraction of sp³-hybridized carbons (Fsp3) is 0.778. The van der Waals surface area contributed by atoms with Crippen LogP contribution >= 0.6 is 0 Å². The average Bonchev–Trinajstić information content (AvgIpc) is 2.56. The number of aliphatic carboxylic acids is 1. The molecule has 0 unspecified atom stereocenters. The maximum absolute atomic E-state index is 12.7. The van der Waals surface area contributed by atoms with Gasteiger partial charge >= 0.3 is 12.1 Å². The molecule has 1 aliphatic heterocycles. The number of hydrogen-bond acceptors (Lipinski definition) is 3. The van der Waals surface area contributed by atoms with Gasteiger partial charge in [-0.05, 0) is 7.05 Å². The first-order chi connectivity index (χ1) is 8.09. The van der Waals surface area contributed by atoms with Gasteiger partial charge in [-0.15, -0.1) is 0 Å². The second-order valence-electron chi connectivity index (χ2n) is 3.71. The molecular formula is C9H14F4N2O3. The van der Waals surface area contributed by atoms with Crippen molar-refractivity contribution in [2.24, 2.45) is 0 Å². The van der Waals surface area contributed by atoms with Gasteiger partial charge in [0.05, 0.1) is 6.04 Å². The summed E-state index contributed by atoms with van der Waals surface area (Å²) in [7, 11) is 3.33. The van der Waals surface area contributed by atoms with Crippen LogP contribution in [0, 0.1) is 0 Å². The lowest BCUT2D eigenvalue weighted by Crippen LogP contribution is -2.39. The number of likely N-dealkylation sites (tertiary alicyclic amines) is 1. The van der Waals surface area contributed by atoms with E-state index < -0.39 is 18.3 Å². The molecule has 1 fully saturated rings. The number of rotatable bonds is 1. The topological polar surface area (TPSA) is 69.6 Å². The Kier molecular flexibility index (Phi) is 6.02. The number of nitrogens with zero attached hydrogens (tertiary/aromatic N) is 1. The number of amides is 1. The minimum absolute atomic E-state index is 0.0901. The molecule has 1 saturated heterocycles. The van der Waals surface area contributed by atoms with Crippen LogP contribution in [0.2, 0.25) is 0 Å². The molecule has 2 N–H and O–H groups in total. The summed E-state index contributed by atoms with van der Waals surface area (Å²) in [6.07, 6.45) is -5.60. The van der Waals surface area contributed by atoms with Crippen LogP contribution in [0.4, 0.5) is 17.6 Å². The smallest absolute Gasteiger partial charge is 0.475 e. The molecule has 5 nitrogen and oxygen atoms in total. The number of carboxylic acids is 1. The molecule has 106 valence electrons. The standard InChI is InChI=1S/C7H13FN2O.C2HF3O2/c1-9-7(11)6-3-5(8)4-10(6)2;3-2(4,5)1(6)7/h5-6H,3-4H2,1-2H3,(H,9,11);(H,6,7)/t5-,6+;/m1./s1. The summed E-state index contributed by atoms with van der Waals surface area (Å²) in [5.74, 6) is -2.85. The van der Waals surface area contributed by atoms with Crippen LogP contribution in [0.3, 0.4) is 0 Å². The Morgan fingerprint density at radius 1 is 1.39 bits per heavy atom. The van der Waals surface area contributed by atoms with Crippen LogP contribution in [0.5, 0.6) is 0 Å². The molecule has 0 saturated carbocycles. The molecular weight excluding hydrogens is 260 g/mol. The molecule has 0 aromatic heterocycles. The molecule has 0 spiro atoms. The SMILES string of the molecule is CNC(=O)[C@@H]1C[C@@H](F)CN1C.O=C(O)C(F)(F)F. The summed E-state index contributed by atoms with van der Waals surface area (Å²) in [6.45, 7) is 0.373. The molecule has 1 amide bonds. The fourth-order valence-corrected chi connectivity index (χ4v) is 1.41. The zero-order valence-electron chi connectivity index (χ0n) is 9.79. The predicted molar refractivity (Wildman–Crippen MR) is 53.7 cm³/mol. The van der Waals surface area contributed by atoms with Gasteiger partial charge in [-0.3, -0.25) is 9.69 Å². The maximum Gasteiger partial charge on any atom is 0.490 e. The number of halogens is 4. The van der Waals surface area contributed by atoms with Crippen molar-refractivity contribution in [3.05, 3.63) is 0 Å². The van der Waals surface area contributed by atoms with Crippen LogP contribution in [-0.4, -0.2) is 60.9 Å².